The highest BCUT2D eigenvalue weighted by Gasteiger charge is 2.22. The number of hydrogen-bond donors (Lipinski definition) is 2. The van der Waals surface area contributed by atoms with Crippen LogP contribution in [0.3, 0.4) is 0 Å². The maximum Gasteiger partial charge on any atom is 0.0995 e. The minimum Gasteiger partial charge on any atom is -0.347 e. The van der Waals surface area contributed by atoms with E-state index in [0.717, 1.165) is 12.2 Å². The molecule has 94 valence electrons. The zero-order valence-corrected chi connectivity index (χ0v) is 11.2. The van der Waals surface area contributed by atoms with Crippen molar-refractivity contribution in [3.63, 3.8) is 0 Å². The summed E-state index contributed by atoms with van der Waals surface area (Å²) >= 11 is 1.85. The largest absolute Gasteiger partial charge is 0.347 e. The molecule has 0 saturated heterocycles. The highest BCUT2D eigenvalue weighted by molar-refractivity contribution is 7.11. The van der Waals surface area contributed by atoms with Crippen molar-refractivity contribution in [2.75, 3.05) is 0 Å². The molecular weight excluding hydrogens is 240 g/mol. The van der Waals surface area contributed by atoms with E-state index < -0.39 is 0 Å². The molecule has 0 aromatic carbocycles. The monoisotopic (exact) mass is 258 g/mol. The SMILES string of the molecule is C=C1NC=C(CC2CCCC=C2c2cccs2)N1. The molecule has 2 heterocycles. The minimum absolute atomic E-state index is 0.642. The zero-order valence-electron chi connectivity index (χ0n) is 10.4. The second-order valence-electron chi connectivity index (χ2n) is 4.89. The van der Waals surface area contributed by atoms with Crippen molar-refractivity contribution in [3.05, 3.63) is 52.8 Å². The summed E-state index contributed by atoms with van der Waals surface area (Å²) in [7, 11) is 0. The number of allylic oxidation sites excluding steroid dienone is 3. The van der Waals surface area contributed by atoms with Crippen molar-refractivity contribution in [1.29, 1.82) is 0 Å². The van der Waals surface area contributed by atoms with E-state index in [1.165, 1.54) is 35.4 Å². The van der Waals surface area contributed by atoms with Gasteiger partial charge in [-0.05, 0) is 48.6 Å². The van der Waals surface area contributed by atoms with Gasteiger partial charge in [0.1, 0.15) is 0 Å². The predicted octanol–water partition coefficient (Wildman–Crippen LogP) is 3.83. The summed E-state index contributed by atoms with van der Waals surface area (Å²) in [5, 5.41) is 8.59. The Morgan fingerprint density at radius 2 is 2.39 bits per heavy atom. The molecule has 1 aliphatic heterocycles. The third kappa shape index (κ3) is 2.36. The van der Waals surface area contributed by atoms with E-state index in [4.69, 9.17) is 0 Å². The van der Waals surface area contributed by atoms with Crippen LogP contribution in [0.1, 0.15) is 30.6 Å². The minimum atomic E-state index is 0.642. The fourth-order valence-electron chi connectivity index (χ4n) is 2.72. The van der Waals surface area contributed by atoms with Gasteiger partial charge in [0.2, 0.25) is 0 Å². The average Bonchev–Trinajstić information content (AvgIpc) is 3.02. The van der Waals surface area contributed by atoms with Crippen LogP contribution >= 0.6 is 11.3 Å². The van der Waals surface area contributed by atoms with Crippen molar-refractivity contribution in [1.82, 2.24) is 10.6 Å². The van der Waals surface area contributed by atoms with E-state index in [1.54, 1.807) is 0 Å². The lowest BCUT2D eigenvalue weighted by Gasteiger charge is -2.24. The van der Waals surface area contributed by atoms with Crippen LogP contribution < -0.4 is 10.6 Å². The standard InChI is InChI=1S/C15H18N2S/c1-11-16-10-13(17-11)9-12-5-2-3-6-14(12)15-7-4-8-18-15/h4,6-8,10,12,16-17H,1-3,5,9H2. The van der Waals surface area contributed by atoms with Crippen LogP contribution in [-0.2, 0) is 0 Å². The van der Waals surface area contributed by atoms with Gasteiger partial charge in [0.05, 0.1) is 5.82 Å². The lowest BCUT2D eigenvalue weighted by molar-refractivity contribution is 0.546. The molecule has 2 N–H and O–H groups in total. The van der Waals surface area contributed by atoms with Gasteiger partial charge >= 0.3 is 0 Å². The van der Waals surface area contributed by atoms with E-state index in [0.29, 0.717) is 5.92 Å². The molecule has 0 radical (unpaired) electrons. The number of thiophene rings is 1. The first-order valence-corrected chi connectivity index (χ1v) is 7.36. The average molecular weight is 258 g/mol. The van der Waals surface area contributed by atoms with Gasteiger partial charge in [0.15, 0.2) is 0 Å². The maximum absolute atomic E-state index is 3.88. The molecule has 0 amide bonds. The second-order valence-corrected chi connectivity index (χ2v) is 5.83. The summed E-state index contributed by atoms with van der Waals surface area (Å²) in [6.07, 6.45) is 9.37. The van der Waals surface area contributed by atoms with Gasteiger partial charge in [-0.3, -0.25) is 0 Å². The molecule has 0 fully saturated rings. The van der Waals surface area contributed by atoms with Gasteiger partial charge in [0, 0.05) is 16.8 Å². The first kappa shape index (κ1) is 11.6. The zero-order chi connectivity index (χ0) is 12.4. The molecule has 1 atom stereocenters. The maximum atomic E-state index is 3.88. The quantitative estimate of drug-likeness (QED) is 0.861. The molecular formula is C15H18N2S. The van der Waals surface area contributed by atoms with Crippen molar-refractivity contribution in [3.8, 4) is 0 Å². The summed E-state index contributed by atoms with van der Waals surface area (Å²) in [5.74, 6) is 1.53. The molecule has 18 heavy (non-hydrogen) atoms. The molecule has 2 aliphatic rings. The van der Waals surface area contributed by atoms with Crippen molar-refractivity contribution < 1.29 is 0 Å². The second kappa shape index (κ2) is 5.02. The third-order valence-electron chi connectivity index (χ3n) is 3.56. The molecule has 0 saturated carbocycles. The highest BCUT2D eigenvalue weighted by atomic mass is 32.1. The Morgan fingerprint density at radius 1 is 1.44 bits per heavy atom. The molecule has 1 aromatic rings. The van der Waals surface area contributed by atoms with Crippen molar-refractivity contribution >= 4 is 16.9 Å². The molecule has 1 aliphatic carbocycles. The van der Waals surface area contributed by atoms with Gasteiger partial charge in [0.25, 0.3) is 0 Å². The van der Waals surface area contributed by atoms with Gasteiger partial charge in [-0.1, -0.05) is 18.7 Å². The Morgan fingerprint density at radius 3 is 3.11 bits per heavy atom. The number of rotatable bonds is 3. The summed E-state index contributed by atoms with van der Waals surface area (Å²) in [6.45, 7) is 3.88. The van der Waals surface area contributed by atoms with Gasteiger partial charge in [-0.2, -0.15) is 0 Å². The van der Waals surface area contributed by atoms with E-state index in [-0.39, 0.29) is 0 Å². The van der Waals surface area contributed by atoms with Crippen LogP contribution in [0.2, 0.25) is 0 Å². The first-order chi connectivity index (χ1) is 8.83. The molecule has 0 bridgehead atoms. The van der Waals surface area contributed by atoms with Crippen LogP contribution in [-0.4, -0.2) is 0 Å². The van der Waals surface area contributed by atoms with E-state index in [9.17, 15) is 0 Å². The van der Waals surface area contributed by atoms with Crippen LogP contribution in [0.25, 0.3) is 5.57 Å². The number of nitrogens with one attached hydrogen (secondary N) is 2. The highest BCUT2D eigenvalue weighted by Crippen LogP contribution is 2.38. The van der Waals surface area contributed by atoms with Crippen LogP contribution in [0.15, 0.2) is 47.9 Å². The molecule has 2 nitrogen and oxygen atoms in total. The molecule has 3 heteroatoms. The van der Waals surface area contributed by atoms with E-state index in [2.05, 4.69) is 40.8 Å². The fraction of sp³-hybridized carbons (Fsp3) is 0.333. The molecule has 1 unspecified atom stereocenters. The topological polar surface area (TPSA) is 24.1 Å². The summed E-state index contributed by atoms with van der Waals surface area (Å²) < 4.78 is 0. The summed E-state index contributed by atoms with van der Waals surface area (Å²) in [4.78, 5) is 1.44. The normalized spacial score (nSPS) is 23.1. The Balaban J connectivity index is 1.76. The van der Waals surface area contributed by atoms with E-state index in [1.807, 2.05) is 17.5 Å². The summed E-state index contributed by atoms with van der Waals surface area (Å²) in [6, 6.07) is 4.38. The van der Waals surface area contributed by atoms with Crippen LogP contribution in [0, 0.1) is 5.92 Å². The third-order valence-corrected chi connectivity index (χ3v) is 4.48. The van der Waals surface area contributed by atoms with Crippen LogP contribution in [0.5, 0.6) is 0 Å². The Hall–Kier alpha value is -1.48. The van der Waals surface area contributed by atoms with Crippen LogP contribution in [0.4, 0.5) is 0 Å². The smallest absolute Gasteiger partial charge is 0.0995 e. The Labute approximate surface area is 112 Å². The Bertz CT molecular complexity index is 497. The fourth-order valence-corrected chi connectivity index (χ4v) is 3.56. The lowest BCUT2D eigenvalue weighted by Crippen LogP contribution is -2.15. The van der Waals surface area contributed by atoms with Gasteiger partial charge < -0.3 is 10.6 Å². The summed E-state index contributed by atoms with van der Waals surface area (Å²) in [5.41, 5.74) is 2.80. The predicted molar refractivity (Wildman–Crippen MR) is 77.7 cm³/mol. The first-order valence-electron chi connectivity index (χ1n) is 6.48. The van der Waals surface area contributed by atoms with E-state index >= 15 is 0 Å². The molecule has 0 spiro atoms. The Kier molecular flexibility index (Phi) is 3.24. The van der Waals surface area contributed by atoms with Gasteiger partial charge in [-0.15, -0.1) is 11.3 Å². The lowest BCUT2D eigenvalue weighted by atomic mass is 9.84. The van der Waals surface area contributed by atoms with Crippen molar-refractivity contribution in [2.24, 2.45) is 5.92 Å². The van der Waals surface area contributed by atoms with Gasteiger partial charge in [-0.25, -0.2) is 0 Å². The molecule has 1 aromatic heterocycles. The number of hydrogen-bond acceptors (Lipinski definition) is 3. The molecule has 3 rings (SSSR count). The van der Waals surface area contributed by atoms with Crippen molar-refractivity contribution in [2.45, 2.75) is 25.7 Å².